The van der Waals surface area contributed by atoms with Crippen LogP contribution in [0.1, 0.15) is 25.3 Å². The van der Waals surface area contributed by atoms with Gasteiger partial charge >= 0.3 is 11.9 Å². The van der Waals surface area contributed by atoms with Gasteiger partial charge in [-0.2, -0.15) is 0 Å². The molecule has 0 aliphatic heterocycles. The Morgan fingerprint density at radius 2 is 1.77 bits per heavy atom. The lowest BCUT2D eigenvalue weighted by atomic mass is 9.80. The van der Waals surface area contributed by atoms with E-state index in [0.29, 0.717) is 18.4 Å². The number of methoxy groups -OCH3 is 2. The van der Waals surface area contributed by atoms with Crippen molar-refractivity contribution in [3.63, 3.8) is 0 Å². The molecule has 0 heterocycles. The molecule has 1 atom stereocenters. The molecule has 0 radical (unpaired) electrons. The molecule has 1 aliphatic rings. The zero-order valence-electron chi connectivity index (χ0n) is 13.1. The molecule has 4 heteroatoms. The predicted molar refractivity (Wildman–Crippen MR) is 83.9 cm³/mol. The molecular weight excluding hydrogens is 280 g/mol. The van der Waals surface area contributed by atoms with E-state index in [2.05, 4.69) is 0 Å². The number of esters is 2. The Labute approximate surface area is 130 Å². The van der Waals surface area contributed by atoms with Crippen LogP contribution in [0.25, 0.3) is 6.08 Å². The van der Waals surface area contributed by atoms with Crippen molar-refractivity contribution >= 4 is 18.0 Å². The Balaban J connectivity index is 2.43. The summed E-state index contributed by atoms with van der Waals surface area (Å²) in [5.41, 5.74) is 3.43. The highest BCUT2D eigenvalue weighted by Crippen LogP contribution is 2.35. The third kappa shape index (κ3) is 3.45. The Morgan fingerprint density at radius 3 is 2.36 bits per heavy atom. The molecule has 0 N–H and O–H groups in total. The van der Waals surface area contributed by atoms with Gasteiger partial charge in [-0.1, -0.05) is 36.4 Å². The normalized spacial score (nSPS) is 20.0. The smallest absolute Gasteiger partial charge is 0.334 e. The molecule has 22 heavy (non-hydrogen) atoms. The van der Waals surface area contributed by atoms with Crippen LogP contribution in [-0.4, -0.2) is 26.2 Å². The van der Waals surface area contributed by atoms with Crippen LogP contribution in [0.15, 0.2) is 47.1 Å². The van der Waals surface area contributed by atoms with Gasteiger partial charge < -0.3 is 9.47 Å². The van der Waals surface area contributed by atoms with E-state index in [1.807, 2.05) is 43.3 Å². The second-order valence-corrected chi connectivity index (χ2v) is 5.30. The molecule has 2 rings (SSSR count). The van der Waals surface area contributed by atoms with E-state index in [1.54, 1.807) is 0 Å². The Bertz CT molecular complexity index is 626. The van der Waals surface area contributed by atoms with Gasteiger partial charge in [0.25, 0.3) is 0 Å². The molecule has 116 valence electrons. The van der Waals surface area contributed by atoms with E-state index in [0.717, 1.165) is 16.7 Å². The number of benzene rings is 1. The molecule has 1 aromatic rings. The van der Waals surface area contributed by atoms with Gasteiger partial charge in [-0.25, -0.2) is 4.79 Å². The second-order valence-electron chi connectivity index (χ2n) is 5.30. The van der Waals surface area contributed by atoms with Crippen molar-refractivity contribution in [2.24, 2.45) is 5.92 Å². The summed E-state index contributed by atoms with van der Waals surface area (Å²) in [5.74, 6) is -1.03. The van der Waals surface area contributed by atoms with E-state index < -0.39 is 0 Å². The van der Waals surface area contributed by atoms with E-state index in [9.17, 15) is 9.59 Å². The highest BCUT2D eigenvalue weighted by atomic mass is 16.5. The number of ether oxygens (including phenoxy) is 2. The van der Waals surface area contributed by atoms with Gasteiger partial charge in [-0.15, -0.1) is 0 Å². The maximum Gasteiger partial charge on any atom is 0.334 e. The molecule has 0 fully saturated rings. The highest BCUT2D eigenvalue weighted by Gasteiger charge is 2.31. The SMILES string of the molecule is COC(=O)C1=C(C)/C(=C\c2ccccc2)CC(C(=O)OC)C1. The lowest BCUT2D eigenvalue weighted by Gasteiger charge is -2.25. The summed E-state index contributed by atoms with van der Waals surface area (Å²) in [6, 6.07) is 9.82. The first-order valence-corrected chi connectivity index (χ1v) is 7.18. The molecule has 0 amide bonds. The first-order chi connectivity index (χ1) is 10.6. The minimum atomic E-state index is -0.384. The monoisotopic (exact) mass is 300 g/mol. The maximum absolute atomic E-state index is 12.0. The van der Waals surface area contributed by atoms with Crippen LogP contribution in [0.3, 0.4) is 0 Å². The van der Waals surface area contributed by atoms with Gasteiger partial charge in [0, 0.05) is 5.57 Å². The van der Waals surface area contributed by atoms with Crippen LogP contribution in [0, 0.1) is 5.92 Å². The summed E-state index contributed by atoms with van der Waals surface area (Å²) in [4.78, 5) is 23.9. The number of carbonyl (C=O) groups excluding carboxylic acids is 2. The fourth-order valence-electron chi connectivity index (χ4n) is 2.69. The van der Waals surface area contributed by atoms with Gasteiger partial charge in [0.05, 0.1) is 20.1 Å². The number of hydrogen-bond donors (Lipinski definition) is 0. The molecule has 0 aromatic heterocycles. The van der Waals surface area contributed by atoms with Gasteiger partial charge in [0.1, 0.15) is 0 Å². The molecular formula is C18H20O4. The van der Waals surface area contributed by atoms with E-state index in [1.165, 1.54) is 14.2 Å². The van der Waals surface area contributed by atoms with Crippen molar-refractivity contribution in [1.82, 2.24) is 0 Å². The van der Waals surface area contributed by atoms with Crippen LogP contribution in [0.2, 0.25) is 0 Å². The minimum Gasteiger partial charge on any atom is -0.469 e. The molecule has 0 saturated heterocycles. The summed E-state index contributed by atoms with van der Waals surface area (Å²) in [7, 11) is 2.72. The lowest BCUT2D eigenvalue weighted by molar-refractivity contribution is -0.145. The molecule has 1 unspecified atom stereocenters. The lowest BCUT2D eigenvalue weighted by Crippen LogP contribution is -2.25. The largest absolute Gasteiger partial charge is 0.469 e. The zero-order chi connectivity index (χ0) is 16.1. The summed E-state index contributed by atoms with van der Waals surface area (Å²) >= 11 is 0. The maximum atomic E-state index is 12.0. The van der Waals surface area contributed by atoms with Crippen molar-refractivity contribution in [3.05, 3.63) is 52.6 Å². The molecule has 0 bridgehead atoms. The summed E-state index contributed by atoms with van der Waals surface area (Å²) in [5, 5.41) is 0. The van der Waals surface area contributed by atoms with E-state index in [4.69, 9.17) is 9.47 Å². The number of allylic oxidation sites excluding steroid dienone is 2. The van der Waals surface area contributed by atoms with E-state index >= 15 is 0 Å². The summed E-state index contributed by atoms with van der Waals surface area (Å²) in [6.07, 6.45) is 2.93. The molecule has 0 saturated carbocycles. The number of hydrogen-bond acceptors (Lipinski definition) is 4. The first-order valence-electron chi connectivity index (χ1n) is 7.18. The fraction of sp³-hybridized carbons (Fsp3) is 0.333. The molecule has 1 aliphatic carbocycles. The number of carbonyl (C=O) groups is 2. The van der Waals surface area contributed by atoms with Crippen molar-refractivity contribution in [1.29, 1.82) is 0 Å². The third-order valence-corrected chi connectivity index (χ3v) is 3.96. The highest BCUT2D eigenvalue weighted by molar-refractivity contribution is 5.92. The average molecular weight is 300 g/mol. The molecule has 0 spiro atoms. The standard InChI is InChI=1S/C18H20O4/c1-12-14(9-13-7-5-4-6-8-13)10-15(17(19)21-2)11-16(12)18(20)22-3/h4-9,15H,10-11H2,1-3H3/b14-9-. The van der Waals surface area contributed by atoms with Gasteiger partial charge in [-0.05, 0) is 36.5 Å². The van der Waals surface area contributed by atoms with Crippen LogP contribution in [-0.2, 0) is 19.1 Å². The third-order valence-electron chi connectivity index (χ3n) is 3.96. The van der Waals surface area contributed by atoms with Crippen LogP contribution >= 0.6 is 0 Å². The van der Waals surface area contributed by atoms with Gasteiger partial charge in [0.15, 0.2) is 0 Å². The molecule has 1 aromatic carbocycles. The predicted octanol–water partition coefficient (Wildman–Crippen LogP) is 3.14. The zero-order valence-corrected chi connectivity index (χ0v) is 13.1. The molecule has 4 nitrogen and oxygen atoms in total. The quantitative estimate of drug-likeness (QED) is 0.805. The van der Waals surface area contributed by atoms with Crippen LogP contribution in [0.4, 0.5) is 0 Å². The van der Waals surface area contributed by atoms with Crippen LogP contribution < -0.4 is 0 Å². The van der Waals surface area contributed by atoms with Crippen molar-refractivity contribution < 1.29 is 19.1 Å². The van der Waals surface area contributed by atoms with Crippen molar-refractivity contribution in [2.45, 2.75) is 19.8 Å². The Hall–Kier alpha value is -2.36. The van der Waals surface area contributed by atoms with Crippen molar-refractivity contribution in [2.75, 3.05) is 14.2 Å². The summed E-state index contributed by atoms with van der Waals surface area (Å²) in [6.45, 7) is 1.90. The fourth-order valence-corrected chi connectivity index (χ4v) is 2.69. The van der Waals surface area contributed by atoms with E-state index in [-0.39, 0.29) is 17.9 Å². The number of rotatable bonds is 3. The summed E-state index contributed by atoms with van der Waals surface area (Å²) < 4.78 is 9.69. The Kier molecular flexibility index (Phi) is 5.15. The Morgan fingerprint density at radius 1 is 1.09 bits per heavy atom. The average Bonchev–Trinajstić information content (AvgIpc) is 2.56. The first kappa shape index (κ1) is 16.0. The van der Waals surface area contributed by atoms with Gasteiger partial charge in [0.2, 0.25) is 0 Å². The van der Waals surface area contributed by atoms with Crippen LogP contribution in [0.5, 0.6) is 0 Å². The minimum absolute atomic E-state index is 0.298. The topological polar surface area (TPSA) is 52.6 Å². The van der Waals surface area contributed by atoms with Crippen molar-refractivity contribution in [3.8, 4) is 0 Å². The second kappa shape index (κ2) is 7.07. The van der Waals surface area contributed by atoms with Gasteiger partial charge in [-0.3, -0.25) is 4.79 Å².